The average molecular weight is 366 g/mol. The molecule has 1 aliphatic carbocycles. The van der Waals surface area contributed by atoms with Gasteiger partial charge in [-0.25, -0.2) is 4.39 Å². The first-order valence-corrected chi connectivity index (χ1v) is 8.43. The van der Waals surface area contributed by atoms with Gasteiger partial charge in [0.15, 0.2) is 0 Å². The molecule has 118 valence electrons. The first-order chi connectivity index (χ1) is 10.4. The molecule has 1 aliphatic rings. The molecule has 22 heavy (non-hydrogen) atoms. The van der Waals surface area contributed by atoms with Crippen LogP contribution in [0.3, 0.4) is 0 Å². The summed E-state index contributed by atoms with van der Waals surface area (Å²) in [5.41, 5.74) is 2.54. The molecule has 3 rings (SSSR count). The Morgan fingerprint density at radius 1 is 1.36 bits per heavy atom. The van der Waals surface area contributed by atoms with E-state index < -0.39 is 0 Å². The van der Waals surface area contributed by atoms with Crippen LogP contribution in [0.15, 0.2) is 28.9 Å². The van der Waals surface area contributed by atoms with Gasteiger partial charge in [-0.1, -0.05) is 15.9 Å². The van der Waals surface area contributed by atoms with Crippen molar-refractivity contribution >= 4 is 21.6 Å². The van der Waals surface area contributed by atoms with E-state index in [-0.39, 0.29) is 11.4 Å². The number of benzene rings is 1. The fourth-order valence-corrected chi connectivity index (χ4v) is 2.94. The van der Waals surface area contributed by atoms with Gasteiger partial charge in [-0.15, -0.1) is 0 Å². The SMILES string of the molecule is CC(C)(C)n1ncc(NCC2CC2)c1-c1cc(F)ccc1Br. The number of nitrogens with one attached hydrogen (secondary N) is 1. The Morgan fingerprint density at radius 3 is 2.73 bits per heavy atom. The van der Waals surface area contributed by atoms with Crippen LogP contribution in [0.2, 0.25) is 0 Å². The molecule has 0 atom stereocenters. The molecular weight excluding hydrogens is 345 g/mol. The average Bonchev–Trinajstić information content (AvgIpc) is 3.16. The van der Waals surface area contributed by atoms with Crippen LogP contribution in [0.1, 0.15) is 33.6 Å². The minimum atomic E-state index is -0.243. The molecule has 0 bridgehead atoms. The molecule has 0 spiro atoms. The Morgan fingerprint density at radius 2 is 2.09 bits per heavy atom. The summed E-state index contributed by atoms with van der Waals surface area (Å²) in [6.07, 6.45) is 4.43. The Bertz CT molecular complexity index is 684. The van der Waals surface area contributed by atoms with E-state index in [1.807, 2.05) is 10.9 Å². The smallest absolute Gasteiger partial charge is 0.123 e. The van der Waals surface area contributed by atoms with Crippen LogP contribution in [0.5, 0.6) is 0 Å². The van der Waals surface area contributed by atoms with Crippen LogP contribution in [0.4, 0.5) is 10.1 Å². The third-order valence-corrected chi connectivity index (χ3v) is 4.56. The Labute approximate surface area is 139 Å². The number of anilines is 1. The molecule has 1 heterocycles. The molecule has 0 unspecified atom stereocenters. The Kier molecular flexibility index (Phi) is 4.02. The van der Waals surface area contributed by atoms with Gasteiger partial charge in [0.25, 0.3) is 0 Å². The highest BCUT2D eigenvalue weighted by molar-refractivity contribution is 9.10. The van der Waals surface area contributed by atoms with Gasteiger partial charge in [0.2, 0.25) is 0 Å². The number of rotatable bonds is 4. The highest BCUT2D eigenvalue weighted by Crippen LogP contribution is 2.38. The van der Waals surface area contributed by atoms with Crippen LogP contribution in [-0.2, 0) is 5.54 Å². The summed E-state index contributed by atoms with van der Waals surface area (Å²) in [7, 11) is 0. The summed E-state index contributed by atoms with van der Waals surface area (Å²) < 4.78 is 16.6. The quantitative estimate of drug-likeness (QED) is 0.823. The standard InChI is InChI=1S/C17H21BrFN3/c1-17(2,3)22-16(13-8-12(19)6-7-14(13)18)15(10-21-22)20-9-11-4-5-11/h6-8,10-11,20H,4-5,9H2,1-3H3. The third-order valence-electron chi connectivity index (χ3n) is 3.87. The summed E-state index contributed by atoms with van der Waals surface area (Å²) in [6.45, 7) is 7.25. The minimum absolute atomic E-state index is 0.180. The second-order valence-electron chi connectivity index (χ2n) is 6.94. The maximum absolute atomic E-state index is 13.8. The lowest BCUT2D eigenvalue weighted by molar-refractivity contribution is 0.360. The zero-order chi connectivity index (χ0) is 15.9. The van der Waals surface area contributed by atoms with E-state index in [4.69, 9.17) is 0 Å². The lowest BCUT2D eigenvalue weighted by atomic mass is 10.1. The van der Waals surface area contributed by atoms with Gasteiger partial charge in [0.05, 0.1) is 23.1 Å². The van der Waals surface area contributed by atoms with Crippen molar-refractivity contribution in [1.29, 1.82) is 0 Å². The molecule has 1 N–H and O–H groups in total. The molecule has 3 nitrogen and oxygen atoms in total. The molecule has 0 saturated heterocycles. The van der Waals surface area contributed by atoms with Crippen molar-refractivity contribution in [2.24, 2.45) is 5.92 Å². The van der Waals surface area contributed by atoms with E-state index in [9.17, 15) is 4.39 Å². The molecular formula is C17H21BrFN3. The van der Waals surface area contributed by atoms with Crippen molar-refractivity contribution in [2.45, 2.75) is 39.2 Å². The van der Waals surface area contributed by atoms with Crippen molar-refractivity contribution in [1.82, 2.24) is 9.78 Å². The molecule has 5 heteroatoms. The van der Waals surface area contributed by atoms with E-state index in [0.29, 0.717) is 0 Å². The van der Waals surface area contributed by atoms with Crippen molar-refractivity contribution in [3.05, 3.63) is 34.7 Å². The molecule has 0 amide bonds. The number of nitrogens with zero attached hydrogens (tertiary/aromatic N) is 2. The number of hydrogen-bond acceptors (Lipinski definition) is 2. The van der Waals surface area contributed by atoms with E-state index in [2.05, 4.69) is 47.1 Å². The minimum Gasteiger partial charge on any atom is -0.382 e. The number of hydrogen-bond donors (Lipinski definition) is 1. The van der Waals surface area contributed by atoms with Gasteiger partial charge in [-0.3, -0.25) is 4.68 Å². The third kappa shape index (κ3) is 3.19. The normalized spacial score (nSPS) is 15.1. The highest BCUT2D eigenvalue weighted by Gasteiger charge is 2.26. The fraction of sp³-hybridized carbons (Fsp3) is 0.471. The van der Waals surface area contributed by atoms with Crippen molar-refractivity contribution < 1.29 is 4.39 Å². The Hall–Kier alpha value is -1.36. The molecule has 0 aliphatic heterocycles. The highest BCUT2D eigenvalue weighted by atomic mass is 79.9. The van der Waals surface area contributed by atoms with Crippen molar-refractivity contribution in [2.75, 3.05) is 11.9 Å². The van der Waals surface area contributed by atoms with Crippen LogP contribution in [0.25, 0.3) is 11.3 Å². The second kappa shape index (κ2) is 5.69. The summed E-state index contributed by atoms with van der Waals surface area (Å²) >= 11 is 3.54. The van der Waals surface area contributed by atoms with E-state index in [1.54, 1.807) is 12.1 Å². The van der Waals surface area contributed by atoms with Gasteiger partial charge in [0.1, 0.15) is 5.82 Å². The van der Waals surface area contributed by atoms with Crippen LogP contribution < -0.4 is 5.32 Å². The predicted octanol–water partition coefficient (Wildman–Crippen LogP) is 5.03. The monoisotopic (exact) mass is 365 g/mol. The largest absolute Gasteiger partial charge is 0.382 e. The molecule has 1 aromatic carbocycles. The lowest BCUT2D eigenvalue weighted by Gasteiger charge is -2.23. The van der Waals surface area contributed by atoms with E-state index in [1.165, 1.54) is 18.9 Å². The topological polar surface area (TPSA) is 29.9 Å². The van der Waals surface area contributed by atoms with Crippen LogP contribution >= 0.6 is 15.9 Å². The van der Waals surface area contributed by atoms with Crippen LogP contribution in [-0.4, -0.2) is 16.3 Å². The van der Waals surface area contributed by atoms with Gasteiger partial charge in [0, 0.05) is 16.6 Å². The second-order valence-corrected chi connectivity index (χ2v) is 7.79. The number of halogens is 2. The summed E-state index contributed by atoms with van der Waals surface area (Å²) in [5, 5.41) is 8.03. The Balaban J connectivity index is 2.08. The fourth-order valence-electron chi connectivity index (χ4n) is 2.50. The molecule has 1 fully saturated rings. The van der Waals surface area contributed by atoms with Crippen molar-refractivity contribution in [3.63, 3.8) is 0 Å². The maximum Gasteiger partial charge on any atom is 0.123 e. The number of aromatic nitrogens is 2. The van der Waals surface area contributed by atoms with Gasteiger partial charge in [-0.05, 0) is 57.7 Å². The van der Waals surface area contributed by atoms with Gasteiger partial charge >= 0.3 is 0 Å². The van der Waals surface area contributed by atoms with Gasteiger partial charge in [-0.2, -0.15) is 5.10 Å². The van der Waals surface area contributed by atoms with E-state index >= 15 is 0 Å². The maximum atomic E-state index is 13.8. The molecule has 1 saturated carbocycles. The predicted molar refractivity (Wildman–Crippen MR) is 91.5 cm³/mol. The lowest BCUT2D eigenvalue weighted by Crippen LogP contribution is -2.24. The summed E-state index contributed by atoms with van der Waals surface area (Å²) in [4.78, 5) is 0. The summed E-state index contributed by atoms with van der Waals surface area (Å²) in [5.74, 6) is 0.523. The zero-order valence-corrected chi connectivity index (χ0v) is 14.7. The first-order valence-electron chi connectivity index (χ1n) is 7.64. The van der Waals surface area contributed by atoms with E-state index in [0.717, 1.165) is 33.9 Å². The van der Waals surface area contributed by atoms with Gasteiger partial charge < -0.3 is 5.32 Å². The van der Waals surface area contributed by atoms with Crippen LogP contribution in [0, 0.1) is 11.7 Å². The molecule has 0 radical (unpaired) electrons. The zero-order valence-electron chi connectivity index (χ0n) is 13.2. The summed E-state index contributed by atoms with van der Waals surface area (Å²) in [6, 6.07) is 4.77. The first kappa shape index (κ1) is 15.5. The molecule has 1 aromatic heterocycles. The molecule has 2 aromatic rings. The van der Waals surface area contributed by atoms with Crippen molar-refractivity contribution in [3.8, 4) is 11.3 Å².